The maximum Gasteiger partial charge on any atom is 0.169 e. The number of rotatable bonds is 2. The molecule has 3 heterocycles. The van der Waals surface area contributed by atoms with Crippen LogP contribution in [0, 0.1) is 11.8 Å². The second kappa shape index (κ2) is 4.36. The maximum atomic E-state index is 5.73. The highest BCUT2D eigenvalue weighted by Crippen LogP contribution is 2.45. The third kappa shape index (κ3) is 1.86. The fourth-order valence-corrected chi connectivity index (χ4v) is 4.14. The molecule has 3 atom stereocenters. The van der Waals surface area contributed by atoms with Gasteiger partial charge in [-0.1, -0.05) is 0 Å². The number of halogens is 1. The Balaban J connectivity index is 1.84. The van der Waals surface area contributed by atoms with Crippen molar-refractivity contribution in [2.45, 2.75) is 32.4 Å². The van der Waals surface area contributed by atoms with Crippen molar-refractivity contribution in [2.75, 3.05) is 19.6 Å². The lowest BCUT2D eigenvalue weighted by Gasteiger charge is -2.39. The summed E-state index contributed by atoms with van der Waals surface area (Å²) in [6, 6.07) is 4.41. The fraction of sp³-hybridized carbons (Fsp3) is 0.714. The van der Waals surface area contributed by atoms with Gasteiger partial charge in [0.1, 0.15) is 5.76 Å². The highest BCUT2D eigenvalue weighted by Gasteiger charge is 2.51. The molecule has 1 N–H and O–H groups in total. The van der Waals surface area contributed by atoms with Gasteiger partial charge in [-0.05, 0) is 67.2 Å². The molecule has 0 bridgehead atoms. The van der Waals surface area contributed by atoms with Crippen molar-refractivity contribution in [1.29, 1.82) is 0 Å². The van der Waals surface area contributed by atoms with Crippen LogP contribution >= 0.6 is 15.9 Å². The third-order valence-electron chi connectivity index (χ3n) is 4.89. The van der Waals surface area contributed by atoms with Crippen LogP contribution in [-0.2, 0) is 0 Å². The smallest absolute Gasteiger partial charge is 0.169 e. The van der Waals surface area contributed by atoms with Crippen LogP contribution in [-0.4, -0.2) is 30.1 Å². The predicted octanol–water partition coefficient (Wildman–Crippen LogP) is 3.03. The number of nitrogens with zero attached hydrogens (tertiary/aromatic N) is 1. The first-order valence-corrected chi connectivity index (χ1v) is 7.52. The largest absolute Gasteiger partial charge is 0.453 e. The fourth-order valence-electron chi connectivity index (χ4n) is 3.82. The molecule has 2 fully saturated rings. The van der Waals surface area contributed by atoms with Crippen LogP contribution in [0.4, 0.5) is 0 Å². The van der Waals surface area contributed by atoms with E-state index in [2.05, 4.69) is 53.0 Å². The zero-order valence-electron chi connectivity index (χ0n) is 11.2. The molecule has 1 aromatic rings. The van der Waals surface area contributed by atoms with Gasteiger partial charge in [-0.15, -0.1) is 0 Å². The summed E-state index contributed by atoms with van der Waals surface area (Å²) in [5.74, 6) is 2.61. The first-order valence-electron chi connectivity index (χ1n) is 6.73. The van der Waals surface area contributed by atoms with Crippen LogP contribution < -0.4 is 5.32 Å². The molecule has 0 saturated carbocycles. The average molecular weight is 313 g/mol. The molecular weight excluding hydrogens is 292 g/mol. The van der Waals surface area contributed by atoms with E-state index in [1.165, 1.54) is 13.1 Å². The van der Waals surface area contributed by atoms with E-state index in [4.69, 9.17) is 4.42 Å². The van der Waals surface area contributed by atoms with Gasteiger partial charge in [0.25, 0.3) is 0 Å². The van der Waals surface area contributed by atoms with Gasteiger partial charge in [0, 0.05) is 18.6 Å². The Bertz CT molecular complexity index is 443. The predicted molar refractivity (Wildman–Crippen MR) is 75.5 cm³/mol. The summed E-state index contributed by atoms with van der Waals surface area (Å²) in [6.07, 6.45) is 0. The van der Waals surface area contributed by atoms with Gasteiger partial charge < -0.3 is 9.73 Å². The Morgan fingerprint density at radius 1 is 1.44 bits per heavy atom. The Kier molecular flexibility index (Phi) is 3.07. The number of likely N-dealkylation sites (tertiary alicyclic amines) is 1. The summed E-state index contributed by atoms with van der Waals surface area (Å²) in [6.45, 7) is 10.5. The molecule has 18 heavy (non-hydrogen) atoms. The van der Waals surface area contributed by atoms with Crippen LogP contribution in [0.15, 0.2) is 21.2 Å². The second-order valence-electron chi connectivity index (χ2n) is 6.15. The Morgan fingerprint density at radius 2 is 2.22 bits per heavy atom. The number of fused-ring (bicyclic) bond motifs is 1. The molecule has 0 radical (unpaired) electrons. The molecule has 3 unspecified atom stereocenters. The average Bonchev–Trinajstić information content (AvgIpc) is 2.96. The SMILES string of the molecule is CC(c1ccc(Br)o1)N1CC2CNCC2C1(C)C. The first kappa shape index (κ1) is 12.7. The molecule has 1 aromatic heterocycles. The minimum atomic E-state index is 0.243. The molecule has 100 valence electrons. The highest BCUT2D eigenvalue weighted by atomic mass is 79.9. The van der Waals surface area contributed by atoms with E-state index in [1.807, 2.05) is 6.07 Å². The summed E-state index contributed by atoms with van der Waals surface area (Å²) in [7, 11) is 0. The van der Waals surface area contributed by atoms with Gasteiger partial charge in [-0.3, -0.25) is 4.90 Å². The molecule has 2 aliphatic rings. The number of hydrogen-bond donors (Lipinski definition) is 1. The van der Waals surface area contributed by atoms with E-state index in [-0.39, 0.29) is 5.54 Å². The maximum absolute atomic E-state index is 5.73. The zero-order chi connectivity index (χ0) is 12.9. The topological polar surface area (TPSA) is 28.4 Å². The number of nitrogens with one attached hydrogen (secondary N) is 1. The molecule has 2 saturated heterocycles. The normalized spacial score (nSPS) is 32.7. The van der Waals surface area contributed by atoms with Crippen molar-refractivity contribution in [2.24, 2.45) is 11.8 Å². The lowest BCUT2D eigenvalue weighted by atomic mass is 9.84. The first-order chi connectivity index (χ1) is 8.50. The molecule has 0 aliphatic carbocycles. The van der Waals surface area contributed by atoms with E-state index >= 15 is 0 Å². The van der Waals surface area contributed by atoms with Crippen molar-refractivity contribution < 1.29 is 4.42 Å². The van der Waals surface area contributed by atoms with Crippen molar-refractivity contribution >= 4 is 15.9 Å². The second-order valence-corrected chi connectivity index (χ2v) is 6.93. The minimum Gasteiger partial charge on any atom is -0.453 e. The molecule has 0 aromatic carbocycles. The number of hydrogen-bond acceptors (Lipinski definition) is 3. The number of furan rings is 1. The van der Waals surface area contributed by atoms with Crippen molar-refractivity contribution in [1.82, 2.24) is 10.2 Å². The van der Waals surface area contributed by atoms with Crippen molar-refractivity contribution in [3.05, 3.63) is 22.6 Å². The van der Waals surface area contributed by atoms with Gasteiger partial charge >= 0.3 is 0 Å². The van der Waals surface area contributed by atoms with E-state index in [9.17, 15) is 0 Å². The molecule has 3 nitrogen and oxygen atoms in total. The van der Waals surface area contributed by atoms with Gasteiger partial charge in [0.15, 0.2) is 4.67 Å². The van der Waals surface area contributed by atoms with Crippen LogP contribution in [0.5, 0.6) is 0 Å². The Hall–Kier alpha value is -0.320. The minimum absolute atomic E-state index is 0.243. The summed E-state index contributed by atoms with van der Waals surface area (Å²) >= 11 is 3.39. The molecule has 0 spiro atoms. The van der Waals surface area contributed by atoms with E-state index in [1.54, 1.807) is 0 Å². The summed E-state index contributed by atoms with van der Waals surface area (Å²) in [5, 5.41) is 3.53. The van der Waals surface area contributed by atoms with Gasteiger partial charge in [-0.2, -0.15) is 0 Å². The Labute approximate surface area is 117 Å². The molecule has 4 heteroatoms. The van der Waals surface area contributed by atoms with Crippen LogP contribution in [0.3, 0.4) is 0 Å². The van der Waals surface area contributed by atoms with Gasteiger partial charge in [0.05, 0.1) is 6.04 Å². The summed E-state index contributed by atoms with van der Waals surface area (Å²) in [5.41, 5.74) is 0.243. The van der Waals surface area contributed by atoms with Crippen LogP contribution in [0.2, 0.25) is 0 Å². The van der Waals surface area contributed by atoms with Crippen molar-refractivity contribution in [3.8, 4) is 0 Å². The summed E-state index contributed by atoms with van der Waals surface area (Å²) in [4.78, 5) is 2.61. The Morgan fingerprint density at radius 3 is 2.83 bits per heavy atom. The van der Waals surface area contributed by atoms with E-state index in [0.717, 1.165) is 28.8 Å². The molecule has 0 amide bonds. The highest BCUT2D eigenvalue weighted by molar-refractivity contribution is 9.10. The lowest BCUT2D eigenvalue weighted by molar-refractivity contribution is 0.0853. The third-order valence-corrected chi connectivity index (χ3v) is 5.32. The van der Waals surface area contributed by atoms with Gasteiger partial charge in [0.2, 0.25) is 0 Å². The zero-order valence-corrected chi connectivity index (χ0v) is 12.8. The molecule has 2 aliphatic heterocycles. The summed E-state index contributed by atoms with van der Waals surface area (Å²) < 4.78 is 6.55. The van der Waals surface area contributed by atoms with E-state index in [0.29, 0.717) is 6.04 Å². The van der Waals surface area contributed by atoms with Crippen molar-refractivity contribution in [3.63, 3.8) is 0 Å². The van der Waals surface area contributed by atoms with Crippen LogP contribution in [0.25, 0.3) is 0 Å². The molecule has 3 rings (SSSR count). The monoisotopic (exact) mass is 312 g/mol. The lowest BCUT2D eigenvalue weighted by Crippen LogP contribution is -2.45. The van der Waals surface area contributed by atoms with Gasteiger partial charge in [-0.25, -0.2) is 0 Å². The van der Waals surface area contributed by atoms with E-state index < -0.39 is 0 Å². The molecular formula is C14H21BrN2O. The quantitative estimate of drug-likeness (QED) is 0.910. The van der Waals surface area contributed by atoms with Crippen LogP contribution in [0.1, 0.15) is 32.6 Å². The standard InChI is InChI=1S/C14H21BrN2O/c1-9(12-4-5-13(15)18-12)17-8-10-6-16-7-11(10)14(17,2)3/h4-5,9-11,16H,6-8H2,1-3H3.